The van der Waals surface area contributed by atoms with Crippen molar-refractivity contribution < 1.29 is 9.53 Å². The zero-order valence-corrected chi connectivity index (χ0v) is 9.16. The van der Waals surface area contributed by atoms with E-state index in [1.54, 1.807) is 0 Å². The Morgan fingerprint density at radius 2 is 2.53 bits per heavy atom. The maximum absolute atomic E-state index is 11.6. The number of ether oxygens (including phenoxy) is 1. The average molecular weight is 213 g/mol. The maximum Gasteiger partial charge on any atom is 0.317 e. The second kappa shape index (κ2) is 4.81. The summed E-state index contributed by atoms with van der Waals surface area (Å²) >= 11 is 0. The maximum atomic E-state index is 11.6. The third kappa shape index (κ3) is 2.60. The van der Waals surface area contributed by atoms with Gasteiger partial charge in [0.15, 0.2) is 0 Å². The van der Waals surface area contributed by atoms with Gasteiger partial charge in [-0.3, -0.25) is 0 Å². The molecular weight excluding hydrogens is 194 g/mol. The third-order valence-corrected chi connectivity index (χ3v) is 2.95. The van der Waals surface area contributed by atoms with Gasteiger partial charge in [-0.2, -0.15) is 0 Å². The molecule has 0 aromatic heterocycles. The molecule has 2 N–H and O–H groups in total. The van der Waals surface area contributed by atoms with Gasteiger partial charge < -0.3 is 20.3 Å². The predicted molar refractivity (Wildman–Crippen MR) is 56.8 cm³/mol. The molecule has 15 heavy (non-hydrogen) atoms. The Labute approximate surface area is 90.1 Å². The Morgan fingerprint density at radius 1 is 1.67 bits per heavy atom. The van der Waals surface area contributed by atoms with Crippen molar-refractivity contribution in [1.82, 2.24) is 15.5 Å². The van der Waals surface area contributed by atoms with Gasteiger partial charge in [-0.1, -0.05) is 0 Å². The van der Waals surface area contributed by atoms with Crippen LogP contribution in [0.3, 0.4) is 0 Å². The average Bonchev–Trinajstić information content (AvgIpc) is 2.79. The molecule has 86 valence electrons. The third-order valence-electron chi connectivity index (χ3n) is 2.95. The Bertz CT molecular complexity index is 229. The van der Waals surface area contributed by atoms with E-state index < -0.39 is 0 Å². The van der Waals surface area contributed by atoms with E-state index in [1.165, 1.54) is 0 Å². The summed E-state index contributed by atoms with van der Waals surface area (Å²) in [6.45, 7) is 3.21. The van der Waals surface area contributed by atoms with Gasteiger partial charge in [-0.15, -0.1) is 0 Å². The van der Waals surface area contributed by atoms with Gasteiger partial charge in [-0.25, -0.2) is 4.79 Å². The molecule has 2 aliphatic rings. The molecule has 2 rings (SSSR count). The predicted octanol–water partition coefficient (Wildman–Crippen LogP) is -0.221. The monoisotopic (exact) mass is 213 g/mol. The molecular formula is C10H19N3O2. The molecule has 2 amide bonds. The summed E-state index contributed by atoms with van der Waals surface area (Å²) in [6, 6.07) is 0.287. The molecule has 0 radical (unpaired) electrons. The molecule has 5 nitrogen and oxygen atoms in total. The van der Waals surface area contributed by atoms with E-state index in [1.807, 2.05) is 11.9 Å². The first-order chi connectivity index (χ1) is 7.29. The molecule has 2 atom stereocenters. The van der Waals surface area contributed by atoms with Crippen LogP contribution in [-0.4, -0.2) is 56.4 Å². The summed E-state index contributed by atoms with van der Waals surface area (Å²) in [5, 5.41) is 6.02. The van der Waals surface area contributed by atoms with Crippen molar-refractivity contribution in [3.05, 3.63) is 0 Å². The number of amides is 2. The van der Waals surface area contributed by atoms with Crippen LogP contribution in [0.1, 0.15) is 12.8 Å². The van der Waals surface area contributed by atoms with Crippen LogP contribution in [0.4, 0.5) is 4.79 Å². The van der Waals surface area contributed by atoms with Gasteiger partial charge in [0.25, 0.3) is 0 Å². The van der Waals surface area contributed by atoms with Crippen LogP contribution in [0.2, 0.25) is 0 Å². The second-order valence-corrected chi connectivity index (χ2v) is 4.24. The second-order valence-electron chi connectivity index (χ2n) is 4.24. The highest BCUT2D eigenvalue weighted by atomic mass is 16.5. The summed E-state index contributed by atoms with van der Waals surface area (Å²) in [5.74, 6) is 0. The van der Waals surface area contributed by atoms with Crippen LogP contribution in [0.25, 0.3) is 0 Å². The number of hydrogen-bond donors (Lipinski definition) is 2. The normalized spacial score (nSPS) is 31.0. The molecule has 2 aliphatic heterocycles. The zero-order valence-electron chi connectivity index (χ0n) is 9.16. The fourth-order valence-corrected chi connectivity index (χ4v) is 2.21. The van der Waals surface area contributed by atoms with E-state index in [0.29, 0.717) is 0 Å². The highest BCUT2D eigenvalue weighted by Crippen LogP contribution is 2.15. The van der Waals surface area contributed by atoms with Gasteiger partial charge in [0.2, 0.25) is 0 Å². The number of urea groups is 1. The van der Waals surface area contributed by atoms with E-state index in [4.69, 9.17) is 4.74 Å². The molecule has 2 saturated heterocycles. The Morgan fingerprint density at radius 3 is 3.20 bits per heavy atom. The smallest absolute Gasteiger partial charge is 0.317 e. The highest BCUT2D eigenvalue weighted by Gasteiger charge is 2.30. The number of carbonyl (C=O) groups excluding carboxylic acids is 1. The standard InChI is InChI=1S/C10H19N3O2/c1-11-5-8-6-13(10(14)12-8)7-9-3-2-4-15-9/h8-9,11H,2-7H2,1H3,(H,12,14). The number of nitrogens with zero attached hydrogens (tertiary/aromatic N) is 1. The Hall–Kier alpha value is -0.810. The van der Waals surface area contributed by atoms with Gasteiger partial charge in [0.05, 0.1) is 12.1 Å². The van der Waals surface area contributed by atoms with E-state index >= 15 is 0 Å². The fourth-order valence-electron chi connectivity index (χ4n) is 2.21. The molecule has 2 unspecified atom stereocenters. The lowest BCUT2D eigenvalue weighted by molar-refractivity contribution is 0.0865. The van der Waals surface area contributed by atoms with E-state index in [0.717, 1.165) is 39.1 Å². The minimum absolute atomic E-state index is 0.0470. The molecule has 0 aromatic carbocycles. The molecule has 0 aromatic rings. The summed E-state index contributed by atoms with van der Waals surface area (Å²) in [6.07, 6.45) is 2.46. The molecule has 2 fully saturated rings. The minimum Gasteiger partial charge on any atom is -0.376 e. The number of hydrogen-bond acceptors (Lipinski definition) is 3. The lowest BCUT2D eigenvalue weighted by Crippen LogP contribution is -2.35. The SMILES string of the molecule is CNCC1CN(CC2CCCO2)C(=O)N1. The first-order valence-electron chi connectivity index (χ1n) is 5.61. The molecule has 2 heterocycles. The number of likely N-dealkylation sites (N-methyl/N-ethyl adjacent to an activating group) is 1. The van der Waals surface area contributed by atoms with Gasteiger partial charge in [0.1, 0.15) is 0 Å². The summed E-state index contributed by atoms with van der Waals surface area (Å²) < 4.78 is 5.52. The number of carbonyl (C=O) groups is 1. The van der Waals surface area contributed by atoms with Crippen molar-refractivity contribution in [3.63, 3.8) is 0 Å². The van der Waals surface area contributed by atoms with E-state index in [-0.39, 0.29) is 18.2 Å². The summed E-state index contributed by atoms with van der Waals surface area (Å²) in [7, 11) is 1.90. The number of rotatable bonds is 4. The molecule has 0 bridgehead atoms. The highest BCUT2D eigenvalue weighted by molar-refractivity contribution is 5.76. The molecule has 5 heteroatoms. The van der Waals surface area contributed by atoms with Crippen molar-refractivity contribution in [1.29, 1.82) is 0 Å². The quantitative estimate of drug-likeness (QED) is 0.679. The fraction of sp³-hybridized carbons (Fsp3) is 0.900. The van der Waals surface area contributed by atoms with Crippen LogP contribution in [-0.2, 0) is 4.74 Å². The topological polar surface area (TPSA) is 53.6 Å². The molecule has 0 aliphatic carbocycles. The van der Waals surface area contributed by atoms with Crippen LogP contribution in [0.15, 0.2) is 0 Å². The summed E-state index contributed by atoms with van der Waals surface area (Å²) in [4.78, 5) is 13.4. The molecule has 0 saturated carbocycles. The Kier molecular flexibility index (Phi) is 3.43. The number of nitrogens with one attached hydrogen (secondary N) is 2. The van der Waals surface area contributed by atoms with Crippen LogP contribution in [0, 0.1) is 0 Å². The van der Waals surface area contributed by atoms with Crippen molar-refractivity contribution in [2.45, 2.75) is 25.0 Å². The first-order valence-corrected chi connectivity index (χ1v) is 5.61. The van der Waals surface area contributed by atoms with Crippen molar-refractivity contribution in [3.8, 4) is 0 Å². The lowest BCUT2D eigenvalue weighted by Gasteiger charge is -2.18. The molecule has 0 spiro atoms. The zero-order chi connectivity index (χ0) is 10.7. The van der Waals surface area contributed by atoms with Crippen molar-refractivity contribution >= 4 is 6.03 Å². The van der Waals surface area contributed by atoms with Gasteiger partial charge in [-0.05, 0) is 19.9 Å². The van der Waals surface area contributed by atoms with Gasteiger partial charge >= 0.3 is 6.03 Å². The first kappa shape index (κ1) is 10.7. The van der Waals surface area contributed by atoms with E-state index in [9.17, 15) is 4.79 Å². The van der Waals surface area contributed by atoms with E-state index in [2.05, 4.69) is 10.6 Å². The van der Waals surface area contributed by atoms with Crippen LogP contribution < -0.4 is 10.6 Å². The lowest BCUT2D eigenvalue weighted by atomic mass is 10.2. The Balaban J connectivity index is 1.79. The summed E-state index contributed by atoms with van der Waals surface area (Å²) in [5.41, 5.74) is 0. The van der Waals surface area contributed by atoms with Gasteiger partial charge in [0, 0.05) is 26.2 Å². The van der Waals surface area contributed by atoms with Crippen LogP contribution >= 0.6 is 0 Å². The van der Waals surface area contributed by atoms with Crippen LogP contribution in [0.5, 0.6) is 0 Å². The minimum atomic E-state index is 0.0470. The largest absolute Gasteiger partial charge is 0.376 e. The van der Waals surface area contributed by atoms with Crippen molar-refractivity contribution in [2.24, 2.45) is 0 Å². The van der Waals surface area contributed by atoms with Crippen molar-refractivity contribution in [2.75, 3.05) is 33.3 Å².